The summed E-state index contributed by atoms with van der Waals surface area (Å²) < 4.78 is 0. The van der Waals surface area contributed by atoms with Gasteiger partial charge >= 0.3 is 5.97 Å². The molecule has 0 saturated carbocycles. The maximum atomic E-state index is 12.5. The summed E-state index contributed by atoms with van der Waals surface area (Å²) in [5.41, 5.74) is 1.53. The highest BCUT2D eigenvalue weighted by molar-refractivity contribution is 5.94. The van der Waals surface area contributed by atoms with E-state index in [9.17, 15) is 19.7 Å². The number of rotatable bonds is 4. The number of carbonyl (C=O) groups is 2. The fourth-order valence-electron chi connectivity index (χ4n) is 2.89. The molecule has 1 amide bonds. The quantitative estimate of drug-likeness (QED) is 0.666. The normalized spacial score (nSPS) is 14.2. The van der Waals surface area contributed by atoms with Crippen molar-refractivity contribution in [3.8, 4) is 0 Å². The van der Waals surface area contributed by atoms with Gasteiger partial charge in [-0.15, -0.1) is 0 Å². The lowest BCUT2D eigenvalue weighted by Gasteiger charge is -2.36. The Bertz CT molecular complexity index is 825. The summed E-state index contributed by atoms with van der Waals surface area (Å²) in [7, 11) is 0. The van der Waals surface area contributed by atoms with Crippen LogP contribution >= 0.6 is 0 Å². The third kappa shape index (κ3) is 3.64. The van der Waals surface area contributed by atoms with Crippen LogP contribution < -0.4 is 4.90 Å². The first-order valence-corrected chi connectivity index (χ1v) is 8.08. The molecule has 2 aromatic carbocycles. The fourth-order valence-corrected chi connectivity index (χ4v) is 2.89. The summed E-state index contributed by atoms with van der Waals surface area (Å²) in [5, 5.41) is 19.6. The van der Waals surface area contributed by atoms with E-state index in [4.69, 9.17) is 5.11 Å². The van der Waals surface area contributed by atoms with Crippen LogP contribution in [0.15, 0.2) is 48.5 Å². The molecule has 1 saturated heterocycles. The summed E-state index contributed by atoms with van der Waals surface area (Å²) >= 11 is 0. The van der Waals surface area contributed by atoms with Gasteiger partial charge in [0.15, 0.2) is 0 Å². The second kappa shape index (κ2) is 7.22. The number of amides is 1. The number of nitro benzene ring substituents is 1. The highest BCUT2D eigenvalue weighted by Gasteiger charge is 2.23. The molecule has 0 atom stereocenters. The van der Waals surface area contributed by atoms with E-state index >= 15 is 0 Å². The summed E-state index contributed by atoms with van der Waals surface area (Å²) in [6.45, 7) is 2.31. The van der Waals surface area contributed by atoms with E-state index in [0.717, 1.165) is 5.69 Å². The molecule has 0 bridgehead atoms. The lowest BCUT2D eigenvalue weighted by atomic mass is 10.1. The van der Waals surface area contributed by atoms with Crippen molar-refractivity contribution < 1.29 is 19.6 Å². The first kappa shape index (κ1) is 17.4. The Kier molecular flexibility index (Phi) is 4.83. The van der Waals surface area contributed by atoms with E-state index in [1.165, 1.54) is 24.3 Å². The molecule has 1 N–H and O–H groups in total. The Morgan fingerprint density at radius 3 is 1.92 bits per heavy atom. The molecule has 26 heavy (non-hydrogen) atoms. The molecule has 3 rings (SSSR count). The molecule has 0 aromatic heterocycles. The summed E-state index contributed by atoms with van der Waals surface area (Å²) in [6.07, 6.45) is 0. The number of piperazine rings is 1. The lowest BCUT2D eigenvalue weighted by molar-refractivity contribution is -0.384. The SMILES string of the molecule is O=C(O)c1ccc(N2CCN(C(=O)c3ccc([N+](=O)[O-])cc3)CC2)cc1. The largest absolute Gasteiger partial charge is 0.478 e. The van der Waals surface area contributed by atoms with Crippen LogP contribution in [0.3, 0.4) is 0 Å². The van der Waals surface area contributed by atoms with Crippen LogP contribution in [-0.4, -0.2) is 53.0 Å². The Morgan fingerprint density at radius 1 is 0.885 bits per heavy atom. The fraction of sp³-hybridized carbons (Fsp3) is 0.222. The van der Waals surface area contributed by atoms with Crippen LogP contribution in [0.2, 0.25) is 0 Å². The minimum absolute atomic E-state index is 0.0452. The number of nitro groups is 1. The molecule has 1 heterocycles. The van der Waals surface area contributed by atoms with Gasteiger partial charge in [-0.05, 0) is 36.4 Å². The average molecular weight is 355 g/mol. The van der Waals surface area contributed by atoms with Crippen molar-refractivity contribution in [3.63, 3.8) is 0 Å². The molecule has 0 aliphatic carbocycles. The number of benzene rings is 2. The molecule has 1 fully saturated rings. The van der Waals surface area contributed by atoms with E-state index in [0.29, 0.717) is 31.7 Å². The van der Waals surface area contributed by atoms with Crippen molar-refractivity contribution >= 4 is 23.3 Å². The number of nitrogens with zero attached hydrogens (tertiary/aromatic N) is 3. The van der Waals surface area contributed by atoms with Crippen LogP contribution in [0.25, 0.3) is 0 Å². The van der Waals surface area contributed by atoms with Gasteiger partial charge in [-0.2, -0.15) is 0 Å². The first-order chi connectivity index (χ1) is 12.5. The number of carbonyl (C=O) groups excluding carboxylic acids is 1. The maximum Gasteiger partial charge on any atom is 0.335 e. The van der Waals surface area contributed by atoms with Crippen molar-refractivity contribution in [1.82, 2.24) is 4.90 Å². The van der Waals surface area contributed by atoms with Gasteiger partial charge in [0.25, 0.3) is 11.6 Å². The highest BCUT2D eigenvalue weighted by atomic mass is 16.6. The topological polar surface area (TPSA) is 104 Å². The van der Waals surface area contributed by atoms with Crippen LogP contribution in [0.1, 0.15) is 20.7 Å². The predicted molar refractivity (Wildman–Crippen MR) is 94.6 cm³/mol. The zero-order valence-electron chi connectivity index (χ0n) is 13.9. The summed E-state index contributed by atoms with van der Waals surface area (Å²) in [6, 6.07) is 12.2. The van der Waals surface area contributed by atoms with E-state index in [-0.39, 0.29) is 17.2 Å². The van der Waals surface area contributed by atoms with Crippen molar-refractivity contribution in [2.75, 3.05) is 31.1 Å². The van der Waals surface area contributed by atoms with Crippen LogP contribution in [0.4, 0.5) is 11.4 Å². The van der Waals surface area contributed by atoms with Gasteiger partial charge in [0.05, 0.1) is 10.5 Å². The molecular weight excluding hydrogens is 338 g/mol. The van der Waals surface area contributed by atoms with E-state index in [1.54, 1.807) is 29.2 Å². The minimum atomic E-state index is -0.963. The number of aromatic carboxylic acids is 1. The van der Waals surface area contributed by atoms with Gasteiger partial charge in [-0.3, -0.25) is 14.9 Å². The van der Waals surface area contributed by atoms with E-state index in [2.05, 4.69) is 4.90 Å². The van der Waals surface area contributed by atoms with Crippen molar-refractivity contribution in [2.45, 2.75) is 0 Å². The van der Waals surface area contributed by atoms with Gasteiger partial charge < -0.3 is 14.9 Å². The smallest absolute Gasteiger partial charge is 0.335 e. The first-order valence-electron chi connectivity index (χ1n) is 8.08. The standard InChI is InChI=1S/C18H17N3O5/c22-17(13-1-7-16(8-2-13)21(25)26)20-11-9-19(10-12-20)15-5-3-14(4-6-15)18(23)24/h1-8H,9-12H2,(H,23,24). The molecule has 1 aliphatic rings. The average Bonchev–Trinajstić information content (AvgIpc) is 2.67. The third-order valence-corrected chi connectivity index (χ3v) is 4.37. The number of carboxylic acid groups (broad SMARTS) is 1. The van der Waals surface area contributed by atoms with Gasteiger partial charge in [0.1, 0.15) is 0 Å². The number of hydrogen-bond acceptors (Lipinski definition) is 5. The van der Waals surface area contributed by atoms with Crippen LogP contribution in [-0.2, 0) is 0 Å². The molecular formula is C18H17N3O5. The van der Waals surface area contributed by atoms with Gasteiger partial charge in [0.2, 0.25) is 0 Å². The predicted octanol–water partition coefficient (Wildman–Crippen LogP) is 2.26. The van der Waals surface area contributed by atoms with E-state index in [1.807, 2.05) is 0 Å². The zero-order chi connectivity index (χ0) is 18.7. The Morgan fingerprint density at radius 2 is 1.42 bits per heavy atom. The zero-order valence-corrected chi connectivity index (χ0v) is 13.9. The number of anilines is 1. The second-order valence-electron chi connectivity index (χ2n) is 5.94. The Labute approximate surface area is 149 Å². The van der Waals surface area contributed by atoms with Crippen molar-refractivity contribution in [2.24, 2.45) is 0 Å². The molecule has 134 valence electrons. The van der Waals surface area contributed by atoms with E-state index < -0.39 is 10.9 Å². The number of carboxylic acids is 1. The molecule has 0 radical (unpaired) electrons. The molecule has 1 aliphatic heterocycles. The van der Waals surface area contributed by atoms with Crippen molar-refractivity contribution in [3.05, 3.63) is 69.8 Å². The molecule has 0 unspecified atom stereocenters. The van der Waals surface area contributed by atoms with Gasteiger partial charge in [0, 0.05) is 49.6 Å². The van der Waals surface area contributed by atoms with Gasteiger partial charge in [-0.25, -0.2) is 4.79 Å². The van der Waals surface area contributed by atoms with Crippen LogP contribution in [0.5, 0.6) is 0 Å². The Hall–Kier alpha value is -3.42. The third-order valence-electron chi connectivity index (χ3n) is 4.37. The van der Waals surface area contributed by atoms with Gasteiger partial charge in [-0.1, -0.05) is 0 Å². The maximum absolute atomic E-state index is 12.5. The monoisotopic (exact) mass is 355 g/mol. The number of hydrogen-bond donors (Lipinski definition) is 1. The summed E-state index contributed by atoms with van der Waals surface area (Å²) in [4.78, 5) is 37.4. The second-order valence-corrected chi connectivity index (χ2v) is 5.94. The minimum Gasteiger partial charge on any atom is -0.478 e. The molecule has 2 aromatic rings. The molecule has 8 heteroatoms. The number of non-ortho nitro benzene ring substituents is 1. The lowest BCUT2D eigenvalue weighted by Crippen LogP contribution is -2.48. The highest BCUT2D eigenvalue weighted by Crippen LogP contribution is 2.19. The molecule has 8 nitrogen and oxygen atoms in total. The van der Waals surface area contributed by atoms with Crippen molar-refractivity contribution in [1.29, 1.82) is 0 Å². The van der Waals surface area contributed by atoms with Crippen LogP contribution in [0, 0.1) is 10.1 Å². The Balaban J connectivity index is 1.61. The molecule has 0 spiro atoms. The summed E-state index contributed by atoms with van der Waals surface area (Å²) in [5.74, 6) is -1.11.